The number of hydrogen-bond acceptors (Lipinski definition) is 6. The second-order valence-corrected chi connectivity index (χ2v) is 6.19. The van der Waals surface area contributed by atoms with Gasteiger partial charge < -0.3 is 24.3 Å². The summed E-state index contributed by atoms with van der Waals surface area (Å²) >= 11 is 0. The van der Waals surface area contributed by atoms with E-state index in [1.54, 1.807) is 20.8 Å². The van der Waals surface area contributed by atoms with Crippen molar-refractivity contribution >= 4 is 12.1 Å². The smallest absolute Gasteiger partial charge is 0.408 e. The standard InChI is InChI=1S/C17H24FNO6/c1-17(2,3)25-16(21)19-12(15(20)24-6)9-10-13(22-4)8-7-11(18)14(10)23-5/h7-8,12H,9H2,1-6H3,(H,19,21)/i18-1. The molecule has 0 fully saturated rings. The Morgan fingerprint density at radius 2 is 1.80 bits per heavy atom. The van der Waals surface area contributed by atoms with Crippen LogP contribution in [0, 0.1) is 5.82 Å². The number of halogens is 1. The quantitative estimate of drug-likeness (QED) is 0.789. The lowest BCUT2D eigenvalue weighted by Crippen LogP contribution is -2.45. The summed E-state index contributed by atoms with van der Waals surface area (Å²) in [5.74, 6) is -1.07. The number of carbonyl (C=O) groups is 2. The van der Waals surface area contributed by atoms with Crippen LogP contribution < -0.4 is 14.8 Å². The van der Waals surface area contributed by atoms with E-state index in [-0.39, 0.29) is 17.7 Å². The number of carbonyl (C=O) groups excluding carboxylic acids is 2. The lowest BCUT2D eigenvalue weighted by atomic mass is 10.0. The van der Waals surface area contributed by atoms with Crippen LogP contribution in [0.5, 0.6) is 11.5 Å². The van der Waals surface area contributed by atoms with E-state index >= 15 is 0 Å². The number of amides is 1. The largest absolute Gasteiger partial charge is 0.496 e. The average Bonchev–Trinajstić information content (AvgIpc) is 2.52. The van der Waals surface area contributed by atoms with E-state index in [9.17, 15) is 14.0 Å². The van der Waals surface area contributed by atoms with Gasteiger partial charge in [0.2, 0.25) is 0 Å². The van der Waals surface area contributed by atoms with Crippen LogP contribution in [0.1, 0.15) is 26.3 Å². The van der Waals surface area contributed by atoms with Crippen molar-refractivity contribution < 1.29 is 32.9 Å². The minimum atomic E-state index is -1.11. The molecule has 0 aromatic heterocycles. The van der Waals surface area contributed by atoms with Crippen LogP contribution in [0.15, 0.2) is 12.1 Å². The Bertz CT molecular complexity index is 626. The maximum Gasteiger partial charge on any atom is 0.408 e. The molecule has 0 aliphatic rings. The Balaban J connectivity index is 3.13. The molecule has 8 heteroatoms. The maximum absolute atomic E-state index is 14.0. The molecular formula is C17H24FNO6. The van der Waals surface area contributed by atoms with Gasteiger partial charge in [-0.25, -0.2) is 14.0 Å². The van der Waals surface area contributed by atoms with Gasteiger partial charge in [0.15, 0.2) is 11.6 Å². The van der Waals surface area contributed by atoms with Gasteiger partial charge in [0, 0.05) is 12.0 Å². The van der Waals surface area contributed by atoms with Crippen molar-refractivity contribution in [3.63, 3.8) is 0 Å². The molecule has 1 amide bonds. The van der Waals surface area contributed by atoms with Crippen molar-refractivity contribution in [3.05, 3.63) is 23.5 Å². The van der Waals surface area contributed by atoms with E-state index in [0.29, 0.717) is 5.75 Å². The van der Waals surface area contributed by atoms with E-state index in [0.717, 1.165) is 0 Å². The second-order valence-electron chi connectivity index (χ2n) is 6.19. The van der Waals surface area contributed by atoms with Crippen molar-refractivity contribution in [2.45, 2.75) is 38.8 Å². The predicted octanol–water partition coefficient (Wildman–Crippen LogP) is 2.45. The molecule has 7 nitrogen and oxygen atoms in total. The van der Waals surface area contributed by atoms with Crippen LogP contribution >= 0.6 is 0 Å². The average molecular weight is 356 g/mol. The van der Waals surface area contributed by atoms with Crippen molar-refractivity contribution in [2.24, 2.45) is 0 Å². The minimum Gasteiger partial charge on any atom is -0.496 e. The van der Waals surface area contributed by atoms with Crippen LogP contribution in [0.3, 0.4) is 0 Å². The summed E-state index contributed by atoms with van der Waals surface area (Å²) in [6, 6.07) is 1.49. The second kappa shape index (κ2) is 8.55. The molecule has 0 spiro atoms. The summed E-state index contributed by atoms with van der Waals surface area (Å²) in [4.78, 5) is 24.0. The first-order valence-electron chi connectivity index (χ1n) is 7.59. The SMILES string of the molecule is COC(=O)C(Cc1c(OC)ccc([18F])c1OC)NC(=O)OC(C)(C)C. The summed E-state index contributed by atoms with van der Waals surface area (Å²) < 4.78 is 34.1. The lowest BCUT2D eigenvalue weighted by molar-refractivity contribution is -0.143. The molecule has 0 heterocycles. The third-order valence-electron chi connectivity index (χ3n) is 3.18. The molecule has 140 valence electrons. The third kappa shape index (κ3) is 5.81. The highest BCUT2D eigenvalue weighted by Crippen LogP contribution is 2.32. The van der Waals surface area contributed by atoms with E-state index in [1.165, 1.54) is 33.5 Å². The number of hydrogen-bond donors (Lipinski definition) is 1. The van der Waals surface area contributed by atoms with Gasteiger partial charge in [0.05, 0.1) is 21.3 Å². The normalized spacial score (nSPS) is 12.1. The van der Waals surface area contributed by atoms with Crippen LogP contribution in [-0.2, 0) is 20.7 Å². The van der Waals surface area contributed by atoms with E-state index in [2.05, 4.69) is 5.32 Å². The van der Waals surface area contributed by atoms with Gasteiger partial charge in [-0.1, -0.05) is 0 Å². The highest BCUT2D eigenvalue weighted by molar-refractivity contribution is 5.82. The van der Waals surface area contributed by atoms with Gasteiger partial charge in [-0.3, -0.25) is 0 Å². The van der Waals surface area contributed by atoms with E-state index in [4.69, 9.17) is 18.9 Å². The fourth-order valence-corrected chi connectivity index (χ4v) is 2.18. The summed E-state index contributed by atoms with van der Waals surface area (Å²) in [6.07, 6.45) is -0.895. The number of alkyl carbamates (subject to hydrolysis) is 1. The van der Waals surface area contributed by atoms with Crippen molar-refractivity contribution in [1.82, 2.24) is 5.32 Å². The van der Waals surface area contributed by atoms with E-state index in [1.807, 2.05) is 0 Å². The van der Waals surface area contributed by atoms with Crippen LogP contribution in [0.25, 0.3) is 0 Å². The molecule has 1 aromatic carbocycles. The van der Waals surface area contributed by atoms with Crippen molar-refractivity contribution in [2.75, 3.05) is 21.3 Å². The Hall–Kier alpha value is -2.51. The maximum atomic E-state index is 14.0. The third-order valence-corrected chi connectivity index (χ3v) is 3.18. The van der Waals surface area contributed by atoms with Gasteiger partial charge in [-0.2, -0.15) is 0 Å². The molecule has 0 bridgehead atoms. The van der Waals surface area contributed by atoms with Gasteiger partial charge >= 0.3 is 12.1 Å². The number of benzene rings is 1. The van der Waals surface area contributed by atoms with Gasteiger partial charge in [-0.05, 0) is 32.9 Å². The molecular weight excluding hydrogens is 332 g/mol. The fraction of sp³-hybridized carbons (Fsp3) is 0.529. The molecule has 1 atom stereocenters. The molecule has 0 aliphatic carbocycles. The zero-order valence-electron chi connectivity index (χ0n) is 15.3. The molecule has 1 unspecified atom stereocenters. The molecule has 1 aromatic rings. The zero-order chi connectivity index (χ0) is 19.2. The van der Waals surface area contributed by atoms with E-state index < -0.39 is 29.5 Å². The summed E-state index contributed by atoms with van der Waals surface area (Å²) in [5.41, 5.74) is -0.449. The number of nitrogens with one attached hydrogen (secondary N) is 1. The van der Waals surface area contributed by atoms with Crippen LogP contribution in [0.2, 0.25) is 0 Å². The van der Waals surface area contributed by atoms with Gasteiger partial charge in [0.25, 0.3) is 0 Å². The van der Waals surface area contributed by atoms with Gasteiger partial charge in [0.1, 0.15) is 17.4 Å². The molecule has 1 N–H and O–H groups in total. The Kier molecular flexibility index (Phi) is 7.02. The van der Waals surface area contributed by atoms with Crippen LogP contribution in [0.4, 0.5) is 9.18 Å². The predicted molar refractivity (Wildman–Crippen MR) is 88.4 cm³/mol. The Morgan fingerprint density at radius 3 is 2.28 bits per heavy atom. The lowest BCUT2D eigenvalue weighted by Gasteiger charge is -2.23. The molecule has 0 radical (unpaired) electrons. The monoisotopic (exact) mass is 356 g/mol. The molecule has 1 rings (SSSR count). The number of esters is 1. The summed E-state index contributed by atoms with van der Waals surface area (Å²) in [6.45, 7) is 5.08. The molecule has 25 heavy (non-hydrogen) atoms. The highest BCUT2D eigenvalue weighted by atomic mass is 18.2. The zero-order valence-corrected chi connectivity index (χ0v) is 15.3. The first kappa shape index (κ1) is 20.5. The number of ether oxygens (including phenoxy) is 4. The Morgan fingerprint density at radius 1 is 1.16 bits per heavy atom. The summed E-state index contributed by atoms with van der Waals surface area (Å²) in [7, 11) is 3.90. The first-order chi connectivity index (χ1) is 11.6. The van der Waals surface area contributed by atoms with Gasteiger partial charge in [-0.15, -0.1) is 0 Å². The first-order valence-corrected chi connectivity index (χ1v) is 7.59. The van der Waals surface area contributed by atoms with Crippen molar-refractivity contribution in [1.29, 1.82) is 0 Å². The highest BCUT2D eigenvalue weighted by Gasteiger charge is 2.28. The fourth-order valence-electron chi connectivity index (χ4n) is 2.18. The topological polar surface area (TPSA) is 83.1 Å². The Labute approximate surface area is 146 Å². The molecule has 0 saturated carbocycles. The summed E-state index contributed by atoms with van der Waals surface area (Å²) in [5, 5.41) is 2.43. The number of rotatable bonds is 6. The number of methoxy groups -OCH3 is 3. The minimum absolute atomic E-state index is 0.0701. The molecule has 0 saturated heterocycles. The van der Waals surface area contributed by atoms with Crippen molar-refractivity contribution in [3.8, 4) is 11.5 Å². The molecule has 0 aliphatic heterocycles. The van der Waals surface area contributed by atoms with Crippen LogP contribution in [-0.4, -0.2) is 45.0 Å².